The molecule has 1 N–H and O–H groups in total. The van der Waals surface area contributed by atoms with Crippen molar-refractivity contribution in [1.82, 2.24) is 5.32 Å². The molecule has 0 saturated heterocycles. The van der Waals surface area contributed by atoms with Gasteiger partial charge in [0.05, 0.1) is 0 Å². The van der Waals surface area contributed by atoms with Crippen molar-refractivity contribution in [2.75, 3.05) is 6.54 Å². The number of benzene rings is 1. The minimum Gasteiger partial charge on any atom is -0.314 e. The van der Waals surface area contributed by atoms with Crippen molar-refractivity contribution in [3.8, 4) is 12.3 Å². The molecule has 0 aliphatic carbocycles. The highest BCUT2D eigenvalue weighted by Crippen LogP contribution is 2.04. The Labute approximate surface area is 106 Å². The van der Waals surface area contributed by atoms with Gasteiger partial charge in [0.2, 0.25) is 0 Å². The first-order valence-electron chi connectivity index (χ1n) is 6.53. The van der Waals surface area contributed by atoms with Crippen LogP contribution in [0.4, 0.5) is 0 Å². The maximum Gasteiger partial charge on any atom is 0.00865 e. The van der Waals surface area contributed by atoms with Crippen LogP contribution in [0.1, 0.15) is 38.2 Å². The highest BCUT2D eigenvalue weighted by Gasteiger charge is 2.01. The third kappa shape index (κ3) is 6.81. The number of aryl methyl sites for hydroxylation is 1. The zero-order chi connectivity index (χ0) is 12.3. The van der Waals surface area contributed by atoms with Crippen LogP contribution in [0.15, 0.2) is 30.3 Å². The fraction of sp³-hybridized carbons (Fsp3) is 0.500. The molecule has 0 aromatic heterocycles. The number of nitrogens with one attached hydrogen (secondary N) is 1. The predicted molar refractivity (Wildman–Crippen MR) is 74.9 cm³/mol. The molecule has 1 aromatic rings. The van der Waals surface area contributed by atoms with Crippen LogP contribution in [0.5, 0.6) is 0 Å². The van der Waals surface area contributed by atoms with Crippen LogP contribution in [0.25, 0.3) is 0 Å². The Balaban J connectivity index is 2.05. The van der Waals surface area contributed by atoms with E-state index in [4.69, 9.17) is 6.42 Å². The van der Waals surface area contributed by atoms with Crippen molar-refractivity contribution in [3.05, 3.63) is 35.9 Å². The lowest BCUT2D eigenvalue weighted by molar-refractivity contribution is 0.501. The SMILES string of the molecule is C#CCCCCNC(C)CCc1ccccc1. The van der Waals surface area contributed by atoms with Crippen LogP contribution in [0, 0.1) is 12.3 Å². The Kier molecular flexibility index (Phi) is 7.18. The minimum absolute atomic E-state index is 0.584. The first kappa shape index (κ1) is 13.8. The molecule has 0 bridgehead atoms. The lowest BCUT2D eigenvalue weighted by Crippen LogP contribution is -2.27. The summed E-state index contributed by atoms with van der Waals surface area (Å²) >= 11 is 0. The summed E-state index contributed by atoms with van der Waals surface area (Å²) in [5, 5.41) is 3.54. The summed E-state index contributed by atoms with van der Waals surface area (Å²) in [4.78, 5) is 0. The van der Waals surface area contributed by atoms with Gasteiger partial charge < -0.3 is 5.32 Å². The van der Waals surface area contributed by atoms with Crippen molar-refractivity contribution in [1.29, 1.82) is 0 Å². The summed E-state index contributed by atoms with van der Waals surface area (Å²) in [7, 11) is 0. The summed E-state index contributed by atoms with van der Waals surface area (Å²) in [5.74, 6) is 2.67. The molecule has 1 atom stereocenters. The van der Waals surface area contributed by atoms with Gasteiger partial charge in [-0.15, -0.1) is 12.3 Å². The average Bonchev–Trinajstić information content (AvgIpc) is 2.37. The summed E-state index contributed by atoms with van der Waals surface area (Å²) in [5.41, 5.74) is 1.42. The molecule has 0 spiro atoms. The second-order valence-electron chi connectivity index (χ2n) is 4.54. The van der Waals surface area contributed by atoms with Crippen LogP contribution in [-0.4, -0.2) is 12.6 Å². The van der Waals surface area contributed by atoms with Crippen molar-refractivity contribution >= 4 is 0 Å². The van der Waals surface area contributed by atoms with Gasteiger partial charge in [0.15, 0.2) is 0 Å². The zero-order valence-electron chi connectivity index (χ0n) is 10.8. The first-order chi connectivity index (χ1) is 8.33. The monoisotopic (exact) mass is 229 g/mol. The number of unbranched alkanes of at least 4 members (excludes halogenated alkanes) is 2. The van der Waals surface area contributed by atoms with Gasteiger partial charge in [-0.05, 0) is 44.7 Å². The molecule has 17 heavy (non-hydrogen) atoms. The van der Waals surface area contributed by atoms with Gasteiger partial charge in [-0.1, -0.05) is 30.3 Å². The van der Waals surface area contributed by atoms with E-state index in [1.165, 1.54) is 18.4 Å². The smallest absolute Gasteiger partial charge is 0.00865 e. The molecule has 1 aromatic carbocycles. The molecule has 0 amide bonds. The molecular formula is C16H23N. The molecule has 0 fully saturated rings. The number of rotatable bonds is 8. The second-order valence-corrected chi connectivity index (χ2v) is 4.54. The van der Waals surface area contributed by atoms with Gasteiger partial charge >= 0.3 is 0 Å². The van der Waals surface area contributed by atoms with Crippen LogP contribution < -0.4 is 5.32 Å². The van der Waals surface area contributed by atoms with Crippen LogP contribution in [-0.2, 0) is 6.42 Å². The van der Waals surface area contributed by atoms with Gasteiger partial charge in [-0.2, -0.15) is 0 Å². The van der Waals surface area contributed by atoms with Gasteiger partial charge in [0, 0.05) is 12.5 Å². The number of hydrogen-bond donors (Lipinski definition) is 1. The fourth-order valence-corrected chi connectivity index (χ4v) is 1.83. The Hall–Kier alpha value is -1.26. The minimum atomic E-state index is 0.584. The second kappa shape index (κ2) is 8.84. The van der Waals surface area contributed by atoms with Gasteiger partial charge in [-0.25, -0.2) is 0 Å². The van der Waals surface area contributed by atoms with Crippen LogP contribution >= 0.6 is 0 Å². The Morgan fingerprint density at radius 1 is 1.24 bits per heavy atom. The van der Waals surface area contributed by atoms with Crippen molar-refractivity contribution in [2.24, 2.45) is 0 Å². The van der Waals surface area contributed by atoms with Gasteiger partial charge in [-0.3, -0.25) is 0 Å². The summed E-state index contributed by atoms with van der Waals surface area (Å²) in [6, 6.07) is 11.2. The molecule has 1 rings (SSSR count). The molecule has 0 saturated carbocycles. The Morgan fingerprint density at radius 2 is 2.00 bits per heavy atom. The van der Waals surface area contributed by atoms with E-state index < -0.39 is 0 Å². The molecule has 0 aliphatic heterocycles. The Morgan fingerprint density at radius 3 is 2.71 bits per heavy atom. The molecule has 1 heteroatoms. The average molecular weight is 229 g/mol. The summed E-state index contributed by atoms with van der Waals surface area (Å²) < 4.78 is 0. The standard InChI is InChI=1S/C16H23N/c1-3-4-5-9-14-17-15(2)12-13-16-10-7-6-8-11-16/h1,6-8,10-11,15,17H,4-5,9,12-14H2,2H3. The van der Waals surface area contributed by atoms with E-state index in [2.05, 4.69) is 48.5 Å². The van der Waals surface area contributed by atoms with Crippen molar-refractivity contribution < 1.29 is 0 Å². The molecule has 92 valence electrons. The lowest BCUT2D eigenvalue weighted by Gasteiger charge is -2.13. The highest BCUT2D eigenvalue weighted by atomic mass is 14.9. The van der Waals surface area contributed by atoms with Crippen LogP contribution in [0.3, 0.4) is 0 Å². The zero-order valence-corrected chi connectivity index (χ0v) is 10.8. The summed E-state index contributed by atoms with van der Waals surface area (Å²) in [6.07, 6.45) is 10.8. The van der Waals surface area contributed by atoms with Crippen LogP contribution in [0.2, 0.25) is 0 Å². The third-order valence-corrected chi connectivity index (χ3v) is 2.95. The molecule has 0 heterocycles. The molecule has 1 nitrogen and oxygen atoms in total. The van der Waals surface area contributed by atoms with E-state index in [0.717, 1.165) is 25.8 Å². The van der Waals surface area contributed by atoms with E-state index in [0.29, 0.717) is 6.04 Å². The largest absolute Gasteiger partial charge is 0.314 e. The van der Waals surface area contributed by atoms with E-state index in [1.54, 1.807) is 0 Å². The quantitative estimate of drug-likeness (QED) is 0.532. The predicted octanol–water partition coefficient (Wildman–Crippen LogP) is 3.40. The maximum atomic E-state index is 5.21. The fourth-order valence-electron chi connectivity index (χ4n) is 1.83. The molecular weight excluding hydrogens is 206 g/mol. The van der Waals surface area contributed by atoms with E-state index in [9.17, 15) is 0 Å². The van der Waals surface area contributed by atoms with E-state index in [1.807, 2.05) is 0 Å². The highest BCUT2D eigenvalue weighted by molar-refractivity contribution is 5.14. The topological polar surface area (TPSA) is 12.0 Å². The first-order valence-corrected chi connectivity index (χ1v) is 6.53. The third-order valence-electron chi connectivity index (χ3n) is 2.95. The maximum absolute atomic E-state index is 5.21. The number of hydrogen-bond acceptors (Lipinski definition) is 1. The van der Waals surface area contributed by atoms with Crippen molar-refractivity contribution in [2.45, 2.75) is 45.1 Å². The number of terminal acetylenes is 1. The molecule has 0 aliphatic rings. The Bertz CT molecular complexity index is 323. The van der Waals surface area contributed by atoms with E-state index >= 15 is 0 Å². The van der Waals surface area contributed by atoms with E-state index in [-0.39, 0.29) is 0 Å². The molecule has 0 radical (unpaired) electrons. The lowest BCUT2D eigenvalue weighted by atomic mass is 10.1. The molecule has 1 unspecified atom stereocenters. The van der Waals surface area contributed by atoms with Gasteiger partial charge in [0.25, 0.3) is 0 Å². The van der Waals surface area contributed by atoms with Gasteiger partial charge in [0.1, 0.15) is 0 Å². The summed E-state index contributed by atoms with van der Waals surface area (Å²) in [6.45, 7) is 3.34. The normalized spacial score (nSPS) is 12.0. The van der Waals surface area contributed by atoms with Crippen molar-refractivity contribution in [3.63, 3.8) is 0 Å².